The number of ether oxygens (including phenoxy) is 2. The van der Waals surface area contributed by atoms with Gasteiger partial charge in [-0.15, -0.1) is 0 Å². The van der Waals surface area contributed by atoms with Gasteiger partial charge in [-0.05, 0) is 32.1 Å². The van der Waals surface area contributed by atoms with E-state index in [1.54, 1.807) is 0 Å². The summed E-state index contributed by atoms with van der Waals surface area (Å²) in [6.07, 6.45) is 28.4. The van der Waals surface area contributed by atoms with Crippen LogP contribution in [0.2, 0.25) is 0 Å². The van der Waals surface area contributed by atoms with Gasteiger partial charge in [0.1, 0.15) is 0 Å². The Morgan fingerprint density at radius 2 is 0.917 bits per heavy atom. The summed E-state index contributed by atoms with van der Waals surface area (Å²) in [7, 11) is 0. The monoisotopic (exact) mass is 510 g/mol. The summed E-state index contributed by atoms with van der Waals surface area (Å²) in [6.45, 7) is 7.64. The molecule has 0 spiro atoms. The molecule has 1 atom stereocenters. The summed E-state index contributed by atoms with van der Waals surface area (Å²) >= 11 is 0. The molecule has 0 rings (SSSR count). The summed E-state index contributed by atoms with van der Waals surface area (Å²) < 4.78 is 10.7. The molecule has 0 aliphatic heterocycles. The van der Waals surface area contributed by atoms with E-state index < -0.39 is 0 Å². The first-order valence-corrected chi connectivity index (χ1v) is 16.0. The first kappa shape index (κ1) is 34.9. The minimum absolute atomic E-state index is 0.00803. The third kappa shape index (κ3) is 24.6. The maximum Gasteiger partial charge on any atom is 0.308 e. The van der Waals surface area contributed by atoms with Gasteiger partial charge in [0.25, 0.3) is 0 Å². The third-order valence-electron chi connectivity index (χ3n) is 7.26. The van der Waals surface area contributed by atoms with Crippen molar-refractivity contribution in [2.45, 2.75) is 175 Å². The Balaban J connectivity index is 3.32. The van der Waals surface area contributed by atoms with Gasteiger partial charge in [-0.3, -0.25) is 9.59 Å². The number of carbonyl (C=O) groups is 2. The summed E-state index contributed by atoms with van der Waals surface area (Å²) in [5.41, 5.74) is 0. The predicted molar refractivity (Wildman–Crippen MR) is 153 cm³/mol. The molecule has 1 unspecified atom stereocenters. The summed E-state index contributed by atoms with van der Waals surface area (Å²) in [4.78, 5) is 23.8. The van der Waals surface area contributed by atoms with Crippen LogP contribution in [-0.2, 0) is 19.1 Å². The molecule has 214 valence electrons. The second kappa shape index (κ2) is 28.5. The molecule has 0 aliphatic carbocycles. The normalized spacial score (nSPS) is 12.0. The Morgan fingerprint density at radius 3 is 1.36 bits per heavy atom. The van der Waals surface area contributed by atoms with Crippen LogP contribution < -0.4 is 0 Å². The zero-order valence-electron chi connectivity index (χ0n) is 24.6. The van der Waals surface area contributed by atoms with Crippen LogP contribution in [0.25, 0.3) is 0 Å². The highest BCUT2D eigenvalue weighted by Gasteiger charge is 2.17. The van der Waals surface area contributed by atoms with E-state index in [1.807, 2.05) is 0 Å². The zero-order chi connectivity index (χ0) is 26.5. The molecule has 0 fully saturated rings. The van der Waals surface area contributed by atoms with Crippen molar-refractivity contribution in [1.82, 2.24) is 0 Å². The molecule has 0 saturated heterocycles. The molecule has 4 heteroatoms. The molecular weight excluding hydrogens is 448 g/mol. The molecule has 4 nitrogen and oxygen atoms in total. The lowest BCUT2D eigenvalue weighted by Crippen LogP contribution is -2.17. The maximum atomic E-state index is 12.2. The molecule has 0 saturated carbocycles. The topological polar surface area (TPSA) is 52.6 Å². The van der Waals surface area contributed by atoms with E-state index in [2.05, 4.69) is 20.8 Å². The Morgan fingerprint density at radius 1 is 0.500 bits per heavy atom. The van der Waals surface area contributed by atoms with Gasteiger partial charge in [0.2, 0.25) is 0 Å². The lowest BCUT2D eigenvalue weighted by Gasteiger charge is -2.14. The smallest absolute Gasteiger partial charge is 0.308 e. The van der Waals surface area contributed by atoms with Gasteiger partial charge in [-0.2, -0.15) is 0 Å². The van der Waals surface area contributed by atoms with Crippen molar-refractivity contribution in [3.05, 3.63) is 0 Å². The van der Waals surface area contributed by atoms with Crippen LogP contribution >= 0.6 is 0 Å². The zero-order valence-corrected chi connectivity index (χ0v) is 24.6. The molecule has 0 aliphatic rings. The first-order valence-electron chi connectivity index (χ1n) is 16.0. The molecule has 0 radical (unpaired) electrons. The van der Waals surface area contributed by atoms with Gasteiger partial charge in [0.15, 0.2) is 0 Å². The van der Waals surface area contributed by atoms with Crippen molar-refractivity contribution in [2.24, 2.45) is 5.92 Å². The first-order chi connectivity index (χ1) is 17.7. The van der Waals surface area contributed by atoms with E-state index in [9.17, 15) is 9.59 Å². The number of hydrogen-bond donors (Lipinski definition) is 0. The van der Waals surface area contributed by atoms with Crippen molar-refractivity contribution < 1.29 is 19.1 Å². The lowest BCUT2D eigenvalue weighted by atomic mass is 9.97. The van der Waals surface area contributed by atoms with Gasteiger partial charge in [-0.25, -0.2) is 0 Å². The van der Waals surface area contributed by atoms with Crippen LogP contribution in [0.5, 0.6) is 0 Å². The minimum atomic E-state index is -0.00803. The van der Waals surface area contributed by atoms with Crippen LogP contribution in [0.1, 0.15) is 175 Å². The third-order valence-corrected chi connectivity index (χ3v) is 7.26. The summed E-state index contributed by atoms with van der Waals surface area (Å²) in [6, 6.07) is 0. The Hall–Kier alpha value is -1.06. The quantitative estimate of drug-likeness (QED) is 0.0776. The predicted octanol–water partition coefficient (Wildman–Crippen LogP) is 10.1. The van der Waals surface area contributed by atoms with Crippen molar-refractivity contribution in [2.75, 3.05) is 13.2 Å². The number of carbonyl (C=O) groups excluding carboxylic acids is 2. The molecule has 0 heterocycles. The molecular formula is C32H62O4. The molecule has 0 aromatic rings. The summed E-state index contributed by atoms with van der Waals surface area (Å²) in [5.74, 6) is 0.130. The average molecular weight is 511 g/mol. The van der Waals surface area contributed by atoms with E-state index in [1.165, 1.54) is 83.5 Å². The SMILES string of the molecule is CCCCCOC(=O)CCCCCCCCCCCCCCCCCC(CC)C(=O)OCCCCC. The van der Waals surface area contributed by atoms with E-state index in [0.717, 1.165) is 64.2 Å². The molecule has 0 N–H and O–H groups in total. The van der Waals surface area contributed by atoms with E-state index in [0.29, 0.717) is 19.6 Å². The molecule has 0 aromatic carbocycles. The van der Waals surface area contributed by atoms with Crippen LogP contribution in [0.3, 0.4) is 0 Å². The van der Waals surface area contributed by atoms with Gasteiger partial charge in [0, 0.05) is 6.42 Å². The van der Waals surface area contributed by atoms with E-state index >= 15 is 0 Å². The van der Waals surface area contributed by atoms with E-state index in [4.69, 9.17) is 9.47 Å². The molecule has 0 bridgehead atoms. The van der Waals surface area contributed by atoms with Crippen molar-refractivity contribution >= 4 is 11.9 Å². The largest absolute Gasteiger partial charge is 0.466 e. The van der Waals surface area contributed by atoms with Crippen LogP contribution in [0.4, 0.5) is 0 Å². The van der Waals surface area contributed by atoms with Crippen LogP contribution in [0, 0.1) is 5.92 Å². The molecule has 0 amide bonds. The minimum Gasteiger partial charge on any atom is -0.466 e. The molecule has 0 aromatic heterocycles. The number of esters is 2. The van der Waals surface area contributed by atoms with Crippen LogP contribution in [0.15, 0.2) is 0 Å². The number of hydrogen-bond acceptors (Lipinski definition) is 4. The second-order valence-electron chi connectivity index (χ2n) is 10.7. The number of unbranched alkanes of at least 4 members (excludes halogenated alkanes) is 18. The number of rotatable bonds is 28. The Kier molecular flexibility index (Phi) is 27.7. The maximum absolute atomic E-state index is 12.2. The van der Waals surface area contributed by atoms with Crippen molar-refractivity contribution in [1.29, 1.82) is 0 Å². The van der Waals surface area contributed by atoms with Gasteiger partial charge < -0.3 is 9.47 Å². The summed E-state index contributed by atoms with van der Waals surface area (Å²) in [5, 5.41) is 0. The van der Waals surface area contributed by atoms with Crippen LogP contribution in [-0.4, -0.2) is 25.2 Å². The van der Waals surface area contributed by atoms with E-state index in [-0.39, 0.29) is 17.9 Å². The fraction of sp³-hybridized carbons (Fsp3) is 0.938. The fourth-order valence-electron chi connectivity index (χ4n) is 4.70. The highest BCUT2D eigenvalue weighted by Crippen LogP contribution is 2.18. The standard InChI is InChI=1S/C32H62O4/c1-4-7-24-28-35-31(33)27-23-21-19-17-15-13-11-9-10-12-14-16-18-20-22-26-30(6-3)32(34)36-29-25-8-5-2/h30H,4-29H2,1-3H3. The fourth-order valence-corrected chi connectivity index (χ4v) is 4.70. The van der Waals surface area contributed by atoms with Gasteiger partial charge >= 0.3 is 11.9 Å². The van der Waals surface area contributed by atoms with Crippen molar-refractivity contribution in [3.63, 3.8) is 0 Å². The Labute approximate surface area is 225 Å². The second-order valence-corrected chi connectivity index (χ2v) is 10.7. The van der Waals surface area contributed by atoms with Crippen molar-refractivity contribution in [3.8, 4) is 0 Å². The Bertz CT molecular complexity index is 477. The average Bonchev–Trinajstić information content (AvgIpc) is 2.88. The van der Waals surface area contributed by atoms with Gasteiger partial charge in [-0.1, -0.05) is 136 Å². The van der Waals surface area contributed by atoms with Gasteiger partial charge in [0.05, 0.1) is 19.1 Å². The highest BCUT2D eigenvalue weighted by molar-refractivity contribution is 5.72. The highest BCUT2D eigenvalue weighted by atomic mass is 16.5. The lowest BCUT2D eigenvalue weighted by molar-refractivity contribution is -0.149. The molecule has 36 heavy (non-hydrogen) atoms.